The third-order valence-electron chi connectivity index (χ3n) is 3.10. The average molecular weight is 328 g/mol. The lowest BCUT2D eigenvalue weighted by molar-refractivity contribution is 1.35. The zero-order valence-electron chi connectivity index (χ0n) is 11.0. The SMILES string of the molecule is Cc1ccc(Nc2ccc3cc(N)ccc3n2)c(Br)c1. The molecule has 100 valence electrons. The molecule has 20 heavy (non-hydrogen) atoms. The number of hydrogen-bond acceptors (Lipinski definition) is 3. The van der Waals surface area contributed by atoms with Crippen molar-refractivity contribution >= 4 is 44.0 Å². The summed E-state index contributed by atoms with van der Waals surface area (Å²) in [4.78, 5) is 4.59. The molecule has 0 aliphatic heterocycles. The Bertz CT molecular complexity index is 784. The number of pyridine rings is 1. The fourth-order valence-corrected chi connectivity index (χ4v) is 2.67. The van der Waals surface area contributed by atoms with E-state index < -0.39 is 0 Å². The zero-order chi connectivity index (χ0) is 14.1. The number of nitrogens with one attached hydrogen (secondary N) is 1. The lowest BCUT2D eigenvalue weighted by atomic mass is 10.2. The lowest BCUT2D eigenvalue weighted by Gasteiger charge is -2.09. The second kappa shape index (κ2) is 5.13. The summed E-state index contributed by atoms with van der Waals surface area (Å²) in [6.07, 6.45) is 0. The van der Waals surface area contributed by atoms with Gasteiger partial charge in [0, 0.05) is 15.5 Å². The molecule has 0 bridgehead atoms. The summed E-state index contributed by atoms with van der Waals surface area (Å²) in [5, 5.41) is 4.36. The number of nitrogens with two attached hydrogens (primary N) is 1. The number of hydrogen-bond donors (Lipinski definition) is 2. The highest BCUT2D eigenvalue weighted by Gasteiger charge is 2.03. The molecule has 0 aliphatic rings. The van der Waals surface area contributed by atoms with Crippen molar-refractivity contribution in [1.82, 2.24) is 4.98 Å². The topological polar surface area (TPSA) is 50.9 Å². The summed E-state index contributed by atoms with van der Waals surface area (Å²) >= 11 is 3.56. The van der Waals surface area contributed by atoms with Gasteiger partial charge in [0.05, 0.1) is 11.2 Å². The minimum absolute atomic E-state index is 0.751. The lowest BCUT2D eigenvalue weighted by Crippen LogP contribution is -1.95. The van der Waals surface area contributed by atoms with E-state index in [0.717, 1.165) is 32.6 Å². The molecule has 3 N–H and O–H groups in total. The van der Waals surface area contributed by atoms with Crippen molar-refractivity contribution in [2.24, 2.45) is 0 Å². The summed E-state index contributed by atoms with van der Waals surface area (Å²) in [7, 11) is 0. The monoisotopic (exact) mass is 327 g/mol. The molecule has 0 unspecified atom stereocenters. The van der Waals surface area contributed by atoms with Crippen LogP contribution >= 0.6 is 15.9 Å². The van der Waals surface area contributed by atoms with Crippen LogP contribution in [-0.4, -0.2) is 4.98 Å². The maximum absolute atomic E-state index is 5.77. The maximum atomic E-state index is 5.77. The number of rotatable bonds is 2. The van der Waals surface area contributed by atoms with Gasteiger partial charge in [-0.2, -0.15) is 0 Å². The third-order valence-corrected chi connectivity index (χ3v) is 3.76. The molecule has 0 fully saturated rings. The molecular weight excluding hydrogens is 314 g/mol. The molecule has 3 rings (SSSR count). The first-order valence-corrected chi connectivity index (χ1v) is 7.10. The van der Waals surface area contributed by atoms with Gasteiger partial charge in [0.25, 0.3) is 0 Å². The van der Waals surface area contributed by atoms with Crippen molar-refractivity contribution in [3.63, 3.8) is 0 Å². The Morgan fingerprint density at radius 3 is 2.70 bits per heavy atom. The Hall–Kier alpha value is -2.07. The second-order valence-electron chi connectivity index (χ2n) is 4.76. The molecule has 0 amide bonds. The first-order chi connectivity index (χ1) is 9.61. The van der Waals surface area contributed by atoms with Gasteiger partial charge in [-0.15, -0.1) is 0 Å². The fourth-order valence-electron chi connectivity index (χ4n) is 2.07. The Morgan fingerprint density at radius 1 is 1.05 bits per heavy atom. The summed E-state index contributed by atoms with van der Waals surface area (Å²) in [6.45, 7) is 2.06. The van der Waals surface area contributed by atoms with E-state index >= 15 is 0 Å². The van der Waals surface area contributed by atoms with E-state index in [9.17, 15) is 0 Å². The number of nitrogens with zero attached hydrogens (tertiary/aromatic N) is 1. The van der Waals surface area contributed by atoms with Crippen molar-refractivity contribution < 1.29 is 0 Å². The molecule has 0 spiro atoms. The number of benzene rings is 2. The highest BCUT2D eigenvalue weighted by molar-refractivity contribution is 9.10. The smallest absolute Gasteiger partial charge is 0.131 e. The van der Waals surface area contributed by atoms with E-state index in [0.29, 0.717) is 0 Å². The largest absolute Gasteiger partial charge is 0.399 e. The summed E-state index contributed by atoms with van der Waals surface area (Å²) < 4.78 is 1.02. The van der Waals surface area contributed by atoms with Crippen LogP contribution in [0.2, 0.25) is 0 Å². The van der Waals surface area contributed by atoms with Crippen LogP contribution in [0.3, 0.4) is 0 Å². The van der Waals surface area contributed by atoms with E-state index in [1.165, 1.54) is 5.56 Å². The Labute approximate surface area is 126 Å². The van der Waals surface area contributed by atoms with Crippen molar-refractivity contribution in [2.45, 2.75) is 6.92 Å². The van der Waals surface area contributed by atoms with Crippen LogP contribution in [-0.2, 0) is 0 Å². The standard InChI is InChI=1S/C16H14BrN3/c1-10-2-5-15(13(17)8-10)20-16-7-3-11-9-12(18)4-6-14(11)19-16/h2-9H,18H2,1H3,(H,19,20). The molecule has 0 radical (unpaired) electrons. The van der Waals surface area contributed by atoms with Gasteiger partial charge in [0.1, 0.15) is 5.82 Å². The normalized spacial score (nSPS) is 10.7. The minimum atomic E-state index is 0.751. The van der Waals surface area contributed by atoms with Crippen LogP contribution in [0.15, 0.2) is 53.0 Å². The quantitative estimate of drug-likeness (QED) is 0.674. The van der Waals surface area contributed by atoms with Crippen molar-refractivity contribution in [3.05, 3.63) is 58.6 Å². The van der Waals surface area contributed by atoms with E-state index in [-0.39, 0.29) is 0 Å². The van der Waals surface area contributed by atoms with E-state index in [4.69, 9.17) is 5.73 Å². The van der Waals surface area contributed by atoms with Gasteiger partial charge in [-0.3, -0.25) is 0 Å². The van der Waals surface area contributed by atoms with Gasteiger partial charge in [-0.25, -0.2) is 4.98 Å². The van der Waals surface area contributed by atoms with Gasteiger partial charge in [0.2, 0.25) is 0 Å². The summed E-state index contributed by atoms with van der Waals surface area (Å²) in [5.41, 5.74) is 9.66. The van der Waals surface area contributed by atoms with Gasteiger partial charge < -0.3 is 11.1 Å². The van der Waals surface area contributed by atoms with Gasteiger partial charge in [-0.1, -0.05) is 6.07 Å². The highest BCUT2D eigenvalue weighted by Crippen LogP contribution is 2.27. The Morgan fingerprint density at radius 2 is 1.90 bits per heavy atom. The molecule has 0 atom stereocenters. The molecule has 4 heteroatoms. The number of aromatic nitrogens is 1. The average Bonchev–Trinajstić information content (AvgIpc) is 2.42. The van der Waals surface area contributed by atoms with E-state index in [2.05, 4.69) is 45.3 Å². The van der Waals surface area contributed by atoms with E-state index in [1.54, 1.807) is 0 Å². The van der Waals surface area contributed by atoms with Crippen LogP contribution in [0.25, 0.3) is 10.9 Å². The summed E-state index contributed by atoms with van der Waals surface area (Å²) in [5.74, 6) is 0.812. The summed E-state index contributed by atoms with van der Waals surface area (Å²) in [6, 6.07) is 15.9. The highest BCUT2D eigenvalue weighted by atomic mass is 79.9. The molecule has 2 aromatic carbocycles. The molecule has 1 heterocycles. The number of halogens is 1. The molecule has 0 saturated heterocycles. The van der Waals surface area contributed by atoms with Gasteiger partial charge in [0.15, 0.2) is 0 Å². The first-order valence-electron chi connectivity index (χ1n) is 6.31. The molecule has 1 aromatic heterocycles. The van der Waals surface area contributed by atoms with E-state index in [1.807, 2.05) is 36.4 Å². The van der Waals surface area contributed by atoms with Gasteiger partial charge in [-0.05, 0) is 70.9 Å². The third kappa shape index (κ3) is 2.60. The first kappa shape index (κ1) is 12.9. The number of aryl methyl sites for hydroxylation is 1. The predicted octanol–water partition coefficient (Wildman–Crippen LogP) is 4.63. The number of fused-ring (bicyclic) bond motifs is 1. The molecular formula is C16H14BrN3. The maximum Gasteiger partial charge on any atom is 0.131 e. The van der Waals surface area contributed by atoms with Crippen LogP contribution < -0.4 is 11.1 Å². The van der Waals surface area contributed by atoms with Gasteiger partial charge >= 0.3 is 0 Å². The van der Waals surface area contributed by atoms with Crippen LogP contribution in [0, 0.1) is 6.92 Å². The predicted molar refractivity (Wildman–Crippen MR) is 88.3 cm³/mol. The van der Waals surface area contributed by atoms with Crippen molar-refractivity contribution in [3.8, 4) is 0 Å². The van der Waals surface area contributed by atoms with Crippen LogP contribution in [0.4, 0.5) is 17.2 Å². The minimum Gasteiger partial charge on any atom is -0.399 e. The van der Waals surface area contributed by atoms with Crippen LogP contribution in [0.1, 0.15) is 5.56 Å². The molecule has 0 aliphatic carbocycles. The molecule has 3 aromatic rings. The van der Waals surface area contributed by atoms with Crippen LogP contribution in [0.5, 0.6) is 0 Å². The number of nitrogen functional groups attached to an aromatic ring is 1. The Balaban J connectivity index is 1.96. The molecule has 0 saturated carbocycles. The molecule has 3 nitrogen and oxygen atoms in total. The van der Waals surface area contributed by atoms with Crippen molar-refractivity contribution in [2.75, 3.05) is 11.1 Å². The van der Waals surface area contributed by atoms with Crippen molar-refractivity contribution in [1.29, 1.82) is 0 Å². The fraction of sp³-hybridized carbons (Fsp3) is 0.0625. The number of anilines is 3. The Kier molecular flexibility index (Phi) is 3.32. The second-order valence-corrected chi connectivity index (χ2v) is 5.61. The zero-order valence-corrected chi connectivity index (χ0v) is 12.6.